The molecule has 2 heterocycles. The van der Waals surface area contributed by atoms with E-state index >= 15 is 0 Å². The third kappa shape index (κ3) is 4.38. The van der Waals surface area contributed by atoms with Gasteiger partial charge in [0.15, 0.2) is 15.5 Å². The number of aromatic nitrogens is 2. The van der Waals surface area contributed by atoms with Gasteiger partial charge in [0.1, 0.15) is 5.58 Å². The third-order valence-corrected chi connectivity index (χ3v) is 6.29. The predicted molar refractivity (Wildman–Crippen MR) is 116 cm³/mol. The Morgan fingerprint density at radius 1 is 1.14 bits per heavy atom. The lowest BCUT2D eigenvalue weighted by Gasteiger charge is -2.04. The Hall–Kier alpha value is -2.97. The molecule has 0 unspecified atom stereocenters. The van der Waals surface area contributed by atoms with Crippen LogP contribution in [0.4, 0.5) is 5.13 Å². The van der Waals surface area contributed by atoms with Gasteiger partial charge >= 0.3 is 0 Å². The highest BCUT2D eigenvalue weighted by Crippen LogP contribution is 2.29. The summed E-state index contributed by atoms with van der Waals surface area (Å²) in [6.45, 7) is 3.88. The number of para-hydroxylation sites is 1. The van der Waals surface area contributed by atoms with E-state index in [2.05, 4.69) is 40.6 Å². The van der Waals surface area contributed by atoms with Crippen LogP contribution in [0.1, 0.15) is 27.2 Å². The zero-order chi connectivity index (χ0) is 20.4. The van der Waals surface area contributed by atoms with E-state index in [9.17, 15) is 9.59 Å². The Labute approximate surface area is 175 Å². The highest BCUT2D eigenvalue weighted by molar-refractivity contribution is 8.00. The van der Waals surface area contributed by atoms with Crippen LogP contribution in [-0.4, -0.2) is 16.1 Å². The molecule has 8 heteroatoms. The minimum Gasteiger partial charge on any atom is -0.450 e. The number of nitrogens with zero attached hydrogens (tertiary/aromatic N) is 2. The van der Waals surface area contributed by atoms with Crippen molar-refractivity contribution >= 4 is 45.1 Å². The van der Waals surface area contributed by atoms with Crippen LogP contribution in [0.25, 0.3) is 11.0 Å². The second kappa shape index (κ2) is 8.18. The lowest BCUT2D eigenvalue weighted by molar-refractivity contribution is 0.0997. The first kappa shape index (κ1) is 19.4. The Balaban J connectivity index is 1.47. The molecule has 0 saturated heterocycles. The fourth-order valence-electron chi connectivity index (χ4n) is 2.85. The van der Waals surface area contributed by atoms with Crippen LogP contribution in [0.2, 0.25) is 0 Å². The van der Waals surface area contributed by atoms with E-state index in [4.69, 9.17) is 4.42 Å². The zero-order valence-corrected chi connectivity index (χ0v) is 17.4. The number of fused-ring (bicyclic) bond motifs is 1. The zero-order valence-electron chi connectivity index (χ0n) is 15.8. The van der Waals surface area contributed by atoms with E-state index in [-0.39, 0.29) is 11.2 Å². The van der Waals surface area contributed by atoms with Crippen molar-refractivity contribution < 1.29 is 9.21 Å². The van der Waals surface area contributed by atoms with Gasteiger partial charge in [0.05, 0.1) is 5.39 Å². The summed E-state index contributed by atoms with van der Waals surface area (Å²) < 4.78 is 6.42. The lowest BCUT2D eigenvalue weighted by atomic mass is 10.1. The maximum Gasteiger partial charge on any atom is 0.293 e. The number of nitrogens with one attached hydrogen (secondary N) is 1. The minimum absolute atomic E-state index is 0.0547. The van der Waals surface area contributed by atoms with E-state index in [1.54, 1.807) is 23.9 Å². The van der Waals surface area contributed by atoms with Crippen LogP contribution in [0.15, 0.2) is 62.1 Å². The summed E-state index contributed by atoms with van der Waals surface area (Å²) in [5.41, 5.74) is 3.35. The van der Waals surface area contributed by atoms with Gasteiger partial charge in [-0.3, -0.25) is 14.9 Å². The van der Waals surface area contributed by atoms with E-state index < -0.39 is 5.91 Å². The molecule has 1 N–H and O–H groups in total. The van der Waals surface area contributed by atoms with Crippen molar-refractivity contribution in [3.63, 3.8) is 0 Å². The molecule has 0 atom stereocenters. The fourth-order valence-corrected chi connectivity index (χ4v) is 4.54. The maximum atomic E-state index is 12.5. The number of benzene rings is 2. The maximum absolute atomic E-state index is 12.5. The van der Waals surface area contributed by atoms with Gasteiger partial charge in [-0.2, -0.15) is 0 Å². The standard InChI is InChI=1S/C21H17N3O3S2/c1-12-5-3-7-14(9-12)11-28-21-24-23-20(29-21)22-19(26)17-10-16(25)15-8-4-6-13(2)18(15)27-17/h3-10H,11H2,1-2H3,(H,22,23,26). The van der Waals surface area contributed by atoms with Gasteiger partial charge in [-0.1, -0.05) is 65.1 Å². The van der Waals surface area contributed by atoms with E-state index in [1.807, 2.05) is 19.1 Å². The van der Waals surface area contributed by atoms with Crippen LogP contribution in [0.5, 0.6) is 0 Å². The second-order valence-corrected chi connectivity index (χ2v) is 8.73. The van der Waals surface area contributed by atoms with E-state index in [0.29, 0.717) is 16.1 Å². The normalized spacial score (nSPS) is 11.0. The topological polar surface area (TPSA) is 85.1 Å². The Morgan fingerprint density at radius 2 is 1.97 bits per heavy atom. The summed E-state index contributed by atoms with van der Waals surface area (Å²) in [5, 5.41) is 11.6. The number of carbonyl (C=O) groups excluding carboxylic acids is 1. The quantitative estimate of drug-likeness (QED) is 0.366. The molecule has 2 aromatic heterocycles. The molecular formula is C21H17N3O3S2. The Kier molecular flexibility index (Phi) is 5.46. The predicted octanol–water partition coefficient (Wildman–Crippen LogP) is 4.81. The van der Waals surface area contributed by atoms with Crippen molar-refractivity contribution in [1.82, 2.24) is 10.2 Å². The largest absolute Gasteiger partial charge is 0.450 e. The van der Waals surface area contributed by atoms with Crippen molar-refractivity contribution in [3.05, 3.63) is 81.2 Å². The molecule has 29 heavy (non-hydrogen) atoms. The summed E-state index contributed by atoms with van der Waals surface area (Å²) >= 11 is 2.83. The molecule has 6 nitrogen and oxygen atoms in total. The number of thioether (sulfide) groups is 1. The van der Waals surface area contributed by atoms with E-state index in [1.165, 1.54) is 28.5 Å². The molecule has 0 aliphatic carbocycles. The van der Waals surface area contributed by atoms with Gasteiger partial charge in [0, 0.05) is 11.8 Å². The van der Waals surface area contributed by atoms with Crippen LogP contribution >= 0.6 is 23.1 Å². The second-order valence-electron chi connectivity index (χ2n) is 6.53. The number of anilines is 1. The van der Waals surface area contributed by atoms with Crippen molar-refractivity contribution in [2.45, 2.75) is 23.9 Å². The number of hydrogen-bond acceptors (Lipinski definition) is 7. The summed E-state index contributed by atoms with van der Waals surface area (Å²) in [4.78, 5) is 24.8. The Bertz CT molecular complexity index is 1260. The minimum atomic E-state index is -0.529. The number of hydrogen-bond donors (Lipinski definition) is 1. The van der Waals surface area contributed by atoms with Crippen LogP contribution in [0, 0.1) is 13.8 Å². The van der Waals surface area contributed by atoms with Crippen LogP contribution in [-0.2, 0) is 5.75 Å². The molecule has 0 bridgehead atoms. The SMILES string of the molecule is Cc1cccc(CSc2nnc(NC(=O)c3cc(=O)c4cccc(C)c4o3)s2)c1. The van der Waals surface area contributed by atoms with E-state index in [0.717, 1.165) is 15.7 Å². The number of rotatable bonds is 5. The molecule has 0 aliphatic heterocycles. The first-order valence-electron chi connectivity index (χ1n) is 8.86. The van der Waals surface area contributed by atoms with Crippen molar-refractivity contribution in [2.75, 3.05) is 5.32 Å². The highest BCUT2D eigenvalue weighted by Gasteiger charge is 2.16. The molecule has 4 aromatic rings. The average Bonchev–Trinajstić information content (AvgIpc) is 3.14. The van der Waals surface area contributed by atoms with Crippen LogP contribution in [0.3, 0.4) is 0 Å². The molecule has 0 spiro atoms. The lowest BCUT2D eigenvalue weighted by Crippen LogP contribution is -2.15. The van der Waals surface area contributed by atoms with Gasteiger partial charge in [0.25, 0.3) is 5.91 Å². The summed E-state index contributed by atoms with van der Waals surface area (Å²) in [7, 11) is 0. The summed E-state index contributed by atoms with van der Waals surface area (Å²) in [6, 6.07) is 14.8. The average molecular weight is 424 g/mol. The van der Waals surface area contributed by atoms with Crippen molar-refractivity contribution in [1.29, 1.82) is 0 Å². The third-order valence-electron chi connectivity index (χ3n) is 4.25. The van der Waals surface area contributed by atoms with Gasteiger partial charge < -0.3 is 4.42 Å². The smallest absolute Gasteiger partial charge is 0.293 e. The molecular weight excluding hydrogens is 406 g/mol. The molecule has 0 radical (unpaired) electrons. The van der Waals surface area contributed by atoms with Crippen molar-refractivity contribution in [3.8, 4) is 0 Å². The summed E-state index contributed by atoms with van der Waals surface area (Å²) in [6.07, 6.45) is 0. The van der Waals surface area contributed by atoms with Gasteiger partial charge in [-0.05, 0) is 31.0 Å². The molecule has 2 aromatic carbocycles. The van der Waals surface area contributed by atoms with Gasteiger partial charge in [-0.15, -0.1) is 10.2 Å². The van der Waals surface area contributed by atoms with Gasteiger partial charge in [-0.25, -0.2) is 0 Å². The number of aryl methyl sites for hydroxylation is 2. The molecule has 0 fully saturated rings. The first-order valence-corrected chi connectivity index (χ1v) is 10.7. The highest BCUT2D eigenvalue weighted by atomic mass is 32.2. The first-order chi connectivity index (χ1) is 14.0. The van der Waals surface area contributed by atoms with Gasteiger partial charge in [0.2, 0.25) is 5.13 Å². The molecule has 0 aliphatic rings. The van der Waals surface area contributed by atoms with Crippen molar-refractivity contribution in [2.24, 2.45) is 0 Å². The fraction of sp³-hybridized carbons (Fsp3) is 0.143. The summed E-state index contributed by atoms with van der Waals surface area (Å²) in [5.74, 6) is 0.183. The molecule has 1 amide bonds. The van der Waals surface area contributed by atoms with Crippen LogP contribution < -0.4 is 10.7 Å². The number of amides is 1. The Morgan fingerprint density at radius 3 is 2.79 bits per heavy atom. The molecule has 4 rings (SSSR count). The molecule has 146 valence electrons. The number of carbonyl (C=O) groups is 1. The monoisotopic (exact) mass is 423 g/mol. The molecule has 0 saturated carbocycles.